The number of benzene rings is 9. The number of para-hydroxylation sites is 10. The standard InChI is InChI=1S/C19H16N4.2C19H14N2.C12H10N4.2Ir/c1-14-8-6-7-11-16(14)18-20-12-17-19(21-18)22(2)13-23(17)15-9-4-3-5-10-15;2*1-3-9-16(10-4-1)20-15-21(17-11-5-2-6-12-17)19-14-8-7-13-18(19)20;1-15-9-16(10-5-3-2-4-6-10)12-11(15)7-13-8-14-12;;/h3-9,11-13H,1-2H3;2*1-11,13-15H;2-5,7-9H,1H3;;/q4*-2;;. The zero-order valence-corrected chi connectivity index (χ0v) is 50.3. The first-order valence-corrected chi connectivity index (χ1v) is 26.5. The van der Waals surface area contributed by atoms with Gasteiger partial charge < -0.3 is 39.2 Å². The zero-order chi connectivity index (χ0) is 54.9. The first-order chi connectivity index (χ1) is 40.0. The molecule has 0 amide bonds. The number of nitrogens with zero attached hydrogens (tertiary/aromatic N) is 12. The second-order valence-corrected chi connectivity index (χ2v) is 19.0. The van der Waals surface area contributed by atoms with Crippen LogP contribution in [0.3, 0.4) is 0 Å². The molecule has 0 spiro atoms. The Morgan fingerprint density at radius 3 is 1.23 bits per heavy atom. The molecule has 6 heterocycles. The minimum Gasteiger partial charge on any atom is -0.501 e. The van der Waals surface area contributed by atoms with E-state index in [0.29, 0.717) is 0 Å². The molecule has 14 heteroatoms. The van der Waals surface area contributed by atoms with Crippen molar-refractivity contribution < 1.29 is 40.2 Å². The molecule has 83 heavy (non-hydrogen) atoms. The average molecular weight is 1440 g/mol. The van der Waals surface area contributed by atoms with Crippen LogP contribution in [-0.4, -0.2) is 34.0 Å². The summed E-state index contributed by atoms with van der Waals surface area (Å²) in [6.45, 7) is 10.3. The fourth-order valence-electron chi connectivity index (χ4n) is 9.78. The maximum absolute atomic E-state index is 4.77. The van der Waals surface area contributed by atoms with Crippen LogP contribution in [0.1, 0.15) is 5.56 Å². The average Bonchev–Trinajstić information content (AvgIpc) is 4.48. The molecule has 2 radical (unpaired) electrons. The number of aryl methyl sites for hydroxylation is 1. The summed E-state index contributed by atoms with van der Waals surface area (Å²) < 4.78 is 0. The number of hydrogen-bond acceptors (Lipinski definition) is 12. The van der Waals surface area contributed by atoms with E-state index in [1.807, 2.05) is 164 Å². The molecule has 0 atom stereocenters. The van der Waals surface area contributed by atoms with Gasteiger partial charge in [0.05, 0.1) is 23.8 Å². The van der Waals surface area contributed by atoms with E-state index >= 15 is 0 Å². The maximum Gasteiger partial charge on any atom is 0.161 e. The van der Waals surface area contributed by atoms with Gasteiger partial charge in [0.25, 0.3) is 0 Å². The largest absolute Gasteiger partial charge is 0.501 e. The molecule has 12 nitrogen and oxygen atoms in total. The molecule has 0 bridgehead atoms. The van der Waals surface area contributed by atoms with Crippen molar-refractivity contribution in [1.82, 2.24) is 19.9 Å². The first-order valence-electron chi connectivity index (χ1n) is 26.5. The SMILES string of the molecule is CN1[CH-]N(c2[c-]cccc2)c2ncncc21.Cc1ccccc1-c1ncc2c(n1)N(C)[CH-]N2c1[c-]cccc1.[Ir].[Ir].[c-]1ccccc1N1[CH-]N(c2ccccc2)c2ccccc21.[c-]1ccccc1N1[CH-]N(c2ccccc2)c2ccccc21. The van der Waals surface area contributed by atoms with Crippen molar-refractivity contribution in [1.29, 1.82) is 0 Å². The van der Waals surface area contributed by atoms with Gasteiger partial charge >= 0.3 is 0 Å². The smallest absolute Gasteiger partial charge is 0.161 e. The fourth-order valence-corrected chi connectivity index (χ4v) is 9.78. The summed E-state index contributed by atoms with van der Waals surface area (Å²) in [5.41, 5.74) is 15.3. The van der Waals surface area contributed by atoms with Crippen LogP contribution < -0.4 is 39.2 Å². The maximum atomic E-state index is 4.77. The number of anilines is 14. The topological polar surface area (TPSA) is 77.5 Å². The minimum absolute atomic E-state index is 0. The zero-order valence-electron chi connectivity index (χ0n) is 45.5. The van der Waals surface area contributed by atoms with Crippen LogP contribution in [0.2, 0.25) is 0 Å². The van der Waals surface area contributed by atoms with Crippen LogP contribution in [0.15, 0.2) is 249 Å². The Hall–Kier alpha value is -9.16. The summed E-state index contributed by atoms with van der Waals surface area (Å²) in [7, 11) is 3.97. The summed E-state index contributed by atoms with van der Waals surface area (Å²) >= 11 is 0. The van der Waals surface area contributed by atoms with Crippen molar-refractivity contribution in [3.63, 3.8) is 0 Å². The van der Waals surface area contributed by atoms with Gasteiger partial charge in [-0.15, -0.1) is 36.1 Å². The predicted molar refractivity (Wildman–Crippen MR) is 328 cm³/mol. The van der Waals surface area contributed by atoms with E-state index in [9.17, 15) is 0 Å². The van der Waals surface area contributed by atoms with Crippen molar-refractivity contribution in [2.24, 2.45) is 0 Å². The molecule has 0 saturated heterocycles. The van der Waals surface area contributed by atoms with Crippen LogP contribution in [0.25, 0.3) is 11.4 Å². The molecule has 0 aliphatic carbocycles. The van der Waals surface area contributed by atoms with Gasteiger partial charge in [0.2, 0.25) is 0 Å². The Morgan fingerprint density at radius 2 is 0.759 bits per heavy atom. The van der Waals surface area contributed by atoms with E-state index in [4.69, 9.17) is 4.98 Å². The molecule has 0 saturated carbocycles. The van der Waals surface area contributed by atoms with E-state index in [-0.39, 0.29) is 40.2 Å². The molecule has 416 valence electrons. The Morgan fingerprint density at radius 1 is 0.349 bits per heavy atom. The molecule has 0 fully saturated rings. The summed E-state index contributed by atoms with van der Waals surface area (Å²) in [6, 6.07) is 90.6. The third-order valence-corrected chi connectivity index (χ3v) is 13.7. The molecule has 4 aliphatic rings. The monoisotopic (exact) mass is 1440 g/mol. The summed E-state index contributed by atoms with van der Waals surface area (Å²) in [5.74, 6) is 2.54. The molecule has 11 aromatic rings. The predicted octanol–water partition coefficient (Wildman–Crippen LogP) is 15.7. The quantitative estimate of drug-likeness (QED) is 0.143. The van der Waals surface area contributed by atoms with Crippen molar-refractivity contribution in [3.8, 4) is 11.4 Å². The van der Waals surface area contributed by atoms with Crippen LogP contribution in [0, 0.1) is 57.9 Å². The Labute approximate surface area is 513 Å². The summed E-state index contributed by atoms with van der Waals surface area (Å²) in [6.07, 6.45) is 5.24. The van der Waals surface area contributed by atoms with Crippen molar-refractivity contribution in [3.05, 3.63) is 306 Å². The van der Waals surface area contributed by atoms with Crippen LogP contribution in [0.4, 0.5) is 79.9 Å². The second-order valence-electron chi connectivity index (χ2n) is 19.0. The van der Waals surface area contributed by atoms with Crippen molar-refractivity contribution in [2.45, 2.75) is 6.92 Å². The molecule has 0 unspecified atom stereocenters. The van der Waals surface area contributed by atoms with Crippen molar-refractivity contribution >= 4 is 79.9 Å². The first kappa shape index (κ1) is 57.1. The molecule has 4 aliphatic heterocycles. The van der Waals surface area contributed by atoms with Gasteiger partial charge in [0.1, 0.15) is 18.0 Å². The van der Waals surface area contributed by atoms with E-state index < -0.39 is 0 Å². The van der Waals surface area contributed by atoms with Crippen LogP contribution >= 0.6 is 0 Å². The second kappa shape index (κ2) is 26.6. The van der Waals surface area contributed by atoms with Crippen LogP contribution in [-0.2, 0) is 40.2 Å². The molecular formula is C69H54Ir2N12-8. The van der Waals surface area contributed by atoms with Gasteiger partial charge in [0.15, 0.2) is 5.82 Å². The van der Waals surface area contributed by atoms with Gasteiger partial charge in [-0.25, -0.2) is 19.9 Å². The number of fused-ring (bicyclic) bond motifs is 4. The van der Waals surface area contributed by atoms with Gasteiger partial charge in [-0.2, -0.15) is 135 Å². The summed E-state index contributed by atoms with van der Waals surface area (Å²) in [5, 5.41) is 0. The Kier molecular flexibility index (Phi) is 18.3. The molecule has 0 N–H and O–H groups in total. The summed E-state index contributed by atoms with van der Waals surface area (Å²) in [4.78, 5) is 34.5. The van der Waals surface area contributed by atoms with E-state index in [2.05, 4.69) is 205 Å². The molecule has 2 aromatic heterocycles. The Bertz CT molecular complexity index is 3570. The molecule has 9 aromatic carbocycles. The van der Waals surface area contributed by atoms with Gasteiger partial charge in [-0.1, -0.05) is 84.9 Å². The number of rotatable bonds is 7. The normalized spacial score (nSPS) is 13.1. The van der Waals surface area contributed by atoms with E-state index in [1.54, 1.807) is 6.33 Å². The number of aromatic nitrogens is 4. The molecular weight excluding hydrogens is 1380 g/mol. The van der Waals surface area contributed by atoms with Crippen LogP contribution in [0.5, 0.6) is 0 Å². The van der Waals surface area contributed by atoms with E-state index in [0.717, 1.165) is 68.5 Å². The van der Waals surface area contributed by atoms with Gasteiger partial charge in [0, 0.05) is 79.9 Å². The van der Waals surface area contributed by atoms with E-state index in [1.165, 1.54) is 28.3 Å². The Balaban J connectivity index is 0.000000123. The third-order valence-electron chi connectivity index (χ3n) is 13.7. The molecule has 15 rings (SSSR count). The number of hydrogen-bond donors (Lipinski definition) is 0. The van der Waals surface area contributed by atoms with Gasteiger partial charge in [-0.3, -0.25) is 0 Å². The minimum atomic E-state index is 0. The fraction of sp³-hybridized carbons (Fsp3) is 0.0435. The van der Waals surface area contributed by atoms with Gasteiger partial charge in [-0.05, 0) is 75.1 Å². The third kappa shape index (κ3) is 12.4. The van der Waals surface area contributed by atoms with Crippen molar-refractivity contribution in [2.75, 3.05) is 53.3 Å².